The first-order chi connectivity index (χ1) is 8.16. The van der Waals surface area contributed by atoms with Crippen molar-refractivity contribution in [2.24, 2.45) is 0 Å². The van der Waals surface area contributed by atoms with Gasteiger partial charge in [0.2, 0.25) is 5.91 Å². The minimum atomic E-state index is -0.0349. The molecule has 0 radical (unpaired) electrons. The Morgan fingerprint density at radius 1 is 1.59 bits per heavy atom. The highest BCUT2D eigenvalue weighted by Gasteiger charge is 2.23. The Morgan fingerprint density at radius 2 is 2.41 bits per heavy atom. The molecule has 17 heavy (non-hydrogen) atoms. The lowest BCUT2D eigenvalue weighted by Gasteiger charge is -2.17. The van der Waals surface area contributed by atoms with Crippen molar-refractivity contribution in [3.63, 3.8) is 0 Å². The predicted molar refractivity (Wildman–Crippen MR) is 72.0 cm³/mol. The normalized spacial score (nSPS) is 21.2. The van der Waals surface area contributed by atoms with Crippen LogP contribution in [0.1, 0.15) is 24.1 Å². The zero-order chi connectivity index (χ0) is 12.3. The summed E-state index contributed by atoms with van der Waals surface area (Å²) < 4.78 is 0. The second kappa shape index (κ2) is 5.56. The van der Waals surface area contributed by atoms with E-state index in [-0.39, 0.29) is 18.0 Å². The van der Waals surface area contributed by atoms with Crippen molar-refractivity contribution in [3.8, 4) is 0 Å². The molecule has 1 amide bonds. The summed E-state index contributed by atoms with van der Waals surface area (Å²) in [7, 11) is 0. The maximum atomic E-state index is 11.9. The molecule has 0 bridgehead atoms. The van der Waals surface area contributed by atoms with Crippen molar-refractivity contribution < 1.29 is 4.79 Å². The van der Waals surface area contributed by atoms with Crippen LogP contribution in [0.2, 0.25) is 0 Å². The lowest BCUT2D eigenvalue weighted by molar-refractivity contribution is -0.123. The van der Waals surface area contributed by atoms with Crippen LogP contribution < -0.4 is 10.6 Å². The average molecular weight is 250 g/mol. The van der Waals surface area contributed by atoms with E-state index < -0.39 is 0 Å². The molecular formula is C13H18N2OS. The number of rotatable bonds is 3. The van der Waals surface area contributed by atoms with Crippen molar-refractivity contribution >= 4 is 17.7 Å². The van der Waals surface area contributed by atoms with Crippen molar-refractivity contribution in [1.82, 2.24) is 10.6 Å². The van der Waals surface area contributed by atoms with Gasteiger partial charge in [-0.15, -0.1) is 11.8 Å². The first-order valence-electron chi connectivity index (χ1n) is 5.85. The molecule has 2 rings (SSSR count). The fourth-order valence-corrected chi connectivity index (χ4v) is 2.84. The van der Waals surface area contributed by atoms with Gasteiger partial charge in [-0.25, -0.2) is 0 Å². The van der Waals surface area contributed by atoms with Crippen LogP contribution in [0.5, 0.6) is 0 Å². The summed E-state index contributed by atoms with van der Waals surface area (Å²) in [6.07, 6.45) is 0. The van der Waals surface area contributed by atoms with Gasteiger partial charge in [-0.1, -0.05) is 29.8 Å². The minimum Gasteiger partial charge on any atom is -0.348 e. The Kier molecular flexibility index (Phi) is 4.07. The molecule has 4 heteroatoms. The number of amides is 1. The number of carbonyl (C=O) groups is 1. The molecule has 1 fully saturated rings. The first kappa shape index (κ1) is 12.5. The lowest BCUT2D eigenvalue weighted by Crippen LogP contribution is -2.42. The molecule has 1 aromatic carbocycles. The van der Waals surface area contributed by atoms with Crippen LogP contribution in [0, 0.1) is 6.92 Å². The molecule has 92 valence electrons. The van der Waals surface area contributed by atoms with Gasteiger partial charge in [0, 0.05) is 11.6 Å². The maximum absolute atomic E-state index is 11.9. The summed E-state index contributed by atoms with van der Waals surface area (Å²) in [4.78, 5) is 11.9. The van der Waals surface area contributed by atoms with Crippen LogP contribution in [0.25, 0.3) is 0 Å². The van der Waals surface area contributed by atoms with Gasteiger partial charge in [0.1, 0.15) is 0 Å². The molecule has 0 saturated carbocycles. The molecule has 0 aliphatic carbocycles. The van der Waals surface area contributed by atoms with Crippen LogP contribution >= 0.6 is 11.8 Å². The monoisotopic (exact) mass is 250 g/mol. The Bertz CT molecular complexity index is 402. The van der Waals surface area contributed by atoms with Crippen molar-refractivity contribution in [1.29, 1.82) is 0 Å². The molecule has 2 atom stereocenters. The fourth-order valence-electron chi connectivity index (χ4n) is 1.90. The van der Waals surface area contributed by atoms with E-state index in [1.54, 1.807) is 11.8 Å². The van der Waals surface area contributed by atoms with Gasteiger partial charge in [-0.2, -0.15) is 0 Å². The molecule has 1 aliphatic heterocycles. The number of carbonyl (C=O) groups excluding carboxylic acids is 1. The number of benzene rings is 1. The van der Waals surface area contributed by atoms with Crippen molar-refractivity contribution in [3.05, 3.63) is 35.4 Å². The predicted octanol–water partition coefficient (Wildman–Crippen LogP) is 1.83. The highest BCUT2D eigenvalue weighted by molar-refractivity contribution is 7.99. The maximum Gasteiger partial charge on any atom is 0.238 e. The van der Waals surface area contributed by atoms with E-state index in [0.29, 0.717) is 0 Å². The van der Waals surface area contributed by atoms with E-state index in [0.717, 1.165) is 17.2 Å². The highest BCUT2D eigenvalue weighted by Crippen LogP contribution is 2.15. The molecule has 0 aromatic heterocycles. The summed E-state index contributed by atoms with van der Waals surface area (Å²) in [6.45, 7) is 4.09. The summed E-state index contributed by atoms with van der Waals surface area (Å²) >= 11 is 1.76. The fraction of sp³-hybridized carbons (Fsp3) is 0.462. The number of nitrogens with one attached hydrogen (secondary N) is 2. The van der Waals surface area contributed by atoms with Crippen molar-refractivity contribution in [2.75, 3.05) is 11.6 Å². The Labute approximate surface area is 106 Å². The van der Waals surface area contributed by atoms with Crippen LogP contribution in [-0.4, -0.2) is 23.6 Å². The van der Waals surface area contributed by atoms with Gasteiger partial charge in [0.05, 0.1) is 12.1 Å². The second-order valence-electron chi connectivity index (χ2n) is 4.42. The zero-order valence-electron chi connectivity index (χ0n) is 10.2. The minimum absolute atomic E-state index is 0.0349. The highest BCUT2D eigenvalue weighted by atomic mass is 32.2. The van der Waals surface area contributed by atoms with E-state index in [2.05, 4.69) is 35.8 Å². The molecule has 1 heterocycles. The van der Waals surface area contributed by atoms with Gasteiger partial charge in [0.25, 0.3) is 0 Å². The number of aryl methyl sites for hydroxylation is 1. The smallest absolute Gasteiger partial charge is 0.238 e. The van der Waals surface area contributed by atoms with Gasteiger partial charge in [0.15, 0.2) is 0 Å². The molecule has 2 N–H and O–H groups in total. The molecule has 3 nitrogen and oxygen atoms in total. The van der Waals surface area contributed by atoms with Gasteiger partial charge < -0.3 is 5.32 Å². The van der Waals surface area contributed by atoms with E-state index in [9.17, 15) is 4.79 Å². The molecule has 0 spiro atoms. The van der Waals surface area contributed by atoms with Crippen LogP contribution in [0.15, 0.2) is 24.3 Å². The number of hydrogen-bond acceptors (Lipinski definition) is 3. The Morgan fingerprint density at radius 3 is 3.06 bits per heavy atom. The average Bonchev–Trinajstić information content (AvgIpc) is 2.82. The Balaban J connectivity index is 1.96. The lowest BCUT2D eigenvalue weighted by atomic mass is 10.1. The SMILES string of the molecule is Cc1cccc([C@H](C)NC(=O)C2CSCN2)c1. The quantitative estimate of drug-likeness (QED) is 0.860. The molecule has 1 saturated heterocycles. The van der Waals surface area contributed by atoms with Crippen LogP contribution in [0.4, 0.5) is 0 Å². The Hall–Kier alpha value is -1.00. The van der Waals surface area contributed by atoms with E-state index in [1.807, 2.05) is 13.0 Å². The van der Waals surface area contributed by atoms with Gasteiger partial charge in [-0.3, -0.25) is 10.1 Å². The second-order valence-corrected chi connectivity index (χ2v) is 5.45. The van der Waals surface area contributed by atoms with Crippen molar-refractivity contribution in [2.45, 2.75) is 25.9 Å². The summed E-state index contributed by atoms with van der Waals surface area (Å²) in [5, 5.41) is 6.23. The number of thioether (sulfide) groups is 1. The zero-order valence-corrected chi connectivity index (χ0v) is 11.0. The van der Waals surface area contributed by atoms with E-state index >= 15 is 0 Å². The topological polar surface area (TPSA) is 41.1 Å². The van der Waals surface area contributed by atoms with Crippen LogP contribution in [0.3, 0.4) is 0 Å². The summed E-state index contributed by atoms with van der Waals surface area (Å²) in [5.74, 6) is 1.84. The van der Waals surface area contributed by atoms with Gasteiger partial charge >= 0.3 is 0 Å². The van der Waals surface area contributed by atoms with Crippen LogP contribution in [-0.2, 0) is 4.79 Å². The number of hydrogen-bond donors (Lipinski definition) is 2. The molecule has 1 aromatic rings. The summed E-state index contributed by atoms with van der Waals surface area (Å²) in [6, 6.07) is 8.28. The third-order valence-electron chi connectivity index (χ3n) is 2.93. The first-order valence-corrected chi connectivity index (χ1v) is 7.00. The molecular weight excluding hydrogens is 232 g/mol. The molecule has 1 unspecified atom stereocenters. The molecule has 1 aliphatic rings. The van der Waals surface area contributed by atoms with E-state index in [1.165, 1.54) is 5.56 Å². The van der Waals surface area contributed by atoms with E-state index in [4.69, 9.17) is 0 Å². The van der Waals surface area contributed by atoms with Gasteiger partial charge in [-0.05, 0) is 19.4 Å². The third kappa shape index (κ3) is 3.23. The summed E-state index contributed by atoms with van der Waals surface area (Å²) in [5.41, 5.74) is 2.38. The third-order valence-corrected chi connectivity index (χ3v) is 3.87. The standard InChI is InChI=1S/C13H18N2OS/c1-9-4-3-5-11(6-9)10(2)15-13(16)12-7-17-8-14-12/h3-6,10,12,14H,7-8H2,1-2H3,(H,15,16)/t10-,12?/m0/s1. The largest absolute Gasteiger partial charge is 0.348 e.